The number of carbonyl (C=O) groups excluding carboxylic acids is 1. The fourth-order valence-electron chi connectivity index (χ4n) is 3.14. The van der Waals surface area contributed by atoms with Crippen LogP contribution in [0, 0.1) is 33.6 Å². The van der Waals surface area contributed by atoms with Crippen LogP contribution in [-0.2, 0) is 6.42 Å². The first-order valence-corrected chi connectivity index (χ1v) is 10.7. The molecule has 1 amide bonds. The van der Waals surface area contributed by atoms with Gasteiger partial charge in [0, 0.05) is 16.9 Å². The van der Waals surface area contributed by atoms with Crippen LogP contribution in [0.5, 0.6) is 0 Å². The van der Waals surface area contributed by atoms with Crippen molar-refractivity contribution in [3.05, 3.63) is 61.5 Å². The Labute approximate surface area is 175 Å². The van der Waals surface area contributed by atoms with Gasteiger partial charge in [0.05, 0.1) is 5.69 Å². The van der Waals surface area contributed by atoms with Crippen molar-refractivity contribution in [2.75, 3.05) is 5.32 Å². The number of aromatic nitrogens is 3. The minimum Gasteiger partial charge on any atom is -0.321 e. The summed E-state index contributed by atoms with van der Waals surface area (Å²) in [5, 5.41) is 6.53. The van der Waals surface area contributed by atoms with E-state index in [1.807, 2.05) is 39.0 Å². The van der Waals surface area contributed by atoms with Crippen molar-refractivity contribution in [1.29, 1.82) is 0 Å². The summed E-state index contributed by atoms with van der Waals surface area (Å²) in [4.78, 5) is 30.6. The smallest absolute Gasteiger partial charge is 0.276 e. The number of benzene rings is 1. The number of thiazole rings is 1. The second kappa shape index (κ2) is 8.37. The number of H-pyrrole nitrogens is 1. The first-order chi connectivity index (χ1) is 13.7. The molecule has 0 radical (unpaired) electrons. The molecule has 0 saturated carbocycles. The fraction of sp³-hybridized carbons (Fsp3) is 0.409. The first kappa shape index (κ1) is 21.0. The van der Waals surface area contributed by atoms with Crippen molar-refractivity contribution in [2.45, 2.75) is 54.4 Å². The Morgan fingerprint density at radius 2 is 1.93 bits per heavy atom. The van der Waals surface area contributed by atoms with E-state index in [-0.39, 0.29) is 11.5 Å². The molecule has 3 aromatic rings. The van der Waals surface area contributed by atoms with Crippen LogP contribution in [0.15, 0.2) is 23.0 Å². The van der Waals surface area contributed by atoms with Gasteiger partial charge in [-0.25, -0.2) is 4.98 Å². The minimum atomic E-state index is -0.217. The van der Waals surface area contributed by atoms with Crippen molar-refractivity contribution < 1.29 is 4.79 Å². The normalized spacial score (nSPS) is 11.3. The molecule has 29 heavy (non-hydrogen) atoms. The van der Waals surface area contributed by atoms with Crippen LogP contribution >= 0.6 is 11.3 Å². The molecule has 6 nitrogen and oxygen atoms in total. The van der Waals surface area contributed by atoms with Gasteiger partial charge in [-0.1, -0.05) is 31.3 Å². The van der Waals surface area contributed by atoms with Gasteiger partial charge in [0.15, 0.2) is 0 Å². The SMILES string of the molecule is Cc1ccc(NC(=O)c2sc(-n3[nH]c(C)c(CCC(C)C)c3=O)nc2C)cc1C. The number of hydrogen-bond acceptors (Lipinski definition) is 4. The van der Waals surface area contributed by atoms with E-state index in [1.165, 1.54) is 21.6 Å². The molecular weight excluding hydrogens is 384 g/mol. The third-order valence-corrected chi connectivity index (χ3v) is 6.25. The Hall–Kier alpha value is -2.67. The van der Waals surface area contributed by atoms with Gasteiger partial charge in [-0.05, 0) is 69.7 Å². The first-order valence-electron chi connectivity index (χ1n) is 9.84. The van der Waals surface area contributed by atoms with Crippen molar-refractivity contribution in [2.24, 2.45) is 5.92 Å². The summed E-state index contributed by atoms with van der Waals surface area (Å²) in [6.07, 6.45) is 1.69. The summed E-state index contributed by atoms with van der Waals surface area (Å²) in [5.41, 5.74) is 5.20. The number of anilines is 1. The summed E-state index contributed by atoms with van der Waals surface area (Å²) in [6, 6.07) is 5.82. The summed E-state index contributed by atoms with van der Waals surface area (Å²) >= 11 is 1.22. The molecule has 0 saturated heterocycles. The van der Waals surface area contributed by atoms with Gasteiger partial charge in [0.25, 0.3) is 11.5 Å². The van der Waals surface area contributed by atoms with Gasteiger partial charge < -0.3 is 5.32 Å². The Kier molecular flexibility index (Phi) is 6.07. The van der Waals surface area contributed by atoms with Crippen LogP contribution in [0.1, 0.15) is 58.0 Å². The van der Waals surface area contributed by atoms with Gasteiger partial charge in [-0.2, -0.15) is 4.68 Å². The number of nitrogens with zero attached hydrogens (tertiary/aromatic N) is 2. The van der Waals surface area contributed by atoms with E-state index in [0.717, 1.165) is 35.3 Å². The maximum Gasteiger partial charge on any atom is 0.276 e. The second-order valence-corrected chi connectivity index (χ2v) is 8.93. The summed E-state index contributed by atoms with van der Waals surface area (Å²) in [7, 11) is 0. The number of rotatable bonds is 6. The maximum absolute atomic E-state index is 12.9. The lowest BCUT2D eigenvalue weighted by molar-refractivity contribution is 0.103. The third kappa shape index (κ3) is 4.50. The predicted octanol–water partition coefficient (Wildman–Crippen LogP) is 4.70. The Bertz CT molecular complexity index is 1100. The van der Waals surface area contributed by atoms with Crippen molar-refractivity contribution >= 4 is 22.9 Å². The molecule has 0 spiro atoms. The zero-order valence-corrected chi connectivity index (χ0v) is 18.7. The highest BCUT2D eigenvalue weighted by atomic mass is 32.1. The molecule has 1 aromatic carbocycles. The van der Waals surface area contributed by atoms with E-state index in [0.29, 0.717) is 21.6 Å². The lowest BCUT2D eigenvalue weighted by Crippen LogP contribution is -2.17. The Morgan fingerprint density at radius 3 is 2.59 bits per heavy atom. The van der Waals surface area contributed by atoms with Gasteiger partial charge in [-0.3, -0.25) is 14.7 Å². The van der Waals surface area contributed by atoms with Gasteiger partial charge in [-0.15, -0.1) is 0 Å². The highest BCUT2D eigenvalue weighted by Gasteiger charge is 2.20. The standard InChI is InChI=1S/C22H28N4O2S/c1-12(2)7-10-18-15(5)25-26(21(18)28)22-23-16(6)19(29-22)20(27)24-17-9-8-13(3)14(4)11-17/h8-9,11-12,25H,7,10H2,1-6H3,(H,24,27). The molecule has 0 aliphatic heterocycles. The van der Waals surface area contributed by atoms with Crippen LogP contribution in [0.2, 0.25) is 0 Å². The molecule has 7 heteroatoms. The maximum atomic E-state index is 12.9. The molecule has 2 heterocycles. The zero-order chi connectivity index (χ0) is 21.3. The summed E-state index contributed by atoms with van der Waals surface area (Å²) in [6.45, 7) is 12.0. The fourth-order valence-corrected chi connectivity index (χ4v) is 4.06. The molecule has 2 N–H and O–H groups in total. The topological polar surface area (TPSA) is 79.8 Å². The lowest BCUT2D eigenvalue weighted by atomic mass is 10.0. The van der Waals surface area contributed by atoms with Crippen LogP contribution < -0.4 is 10.9 Å². The monoisotopic (exact) mass is 412 g/mol. The van der Waals surface area contributed by atoms with E-state index in [1.54, 1.807) is 6.92 Å². The van der Waals surface area contributed by atoms with E-state index >= 15 is 0 Å². The van der Waals surface area contributed by atoms with Gasteiger partial charge in [0.2, 0.25) is 5.13 Å². The van der Waals surface area contributed by atoms with Crippen LogP contribution in [-0.4, -0.2) is 20.7 Å². The number of aryl methyl sites for hydroxylation is 4. The highest BCUT2D eigenvalue weighted by molar-refractivity contribution is 7.16. The number of aromatic amines is 1. The van der Waals surface area contributed by atoms with Gasteiger partial charge in [0.1, 0.15) is 4.88 Å². The molecule has 0 unspecified atom stereocenters. The average Bonchev–Trinajstić information content (AvgIpc) is 3.16. The molecule has 0 bridgehead atoms. The highest BCUT2D eigenvalue weighted by Crippen LogP contribution is 2.23. The third-order valence-electron chi connectivity index (χ3n) is 5.11. The quantitative estimate of drug-likeness (QED) is 0.616. The van der Waals surface area contributed by atoms with Crippen LogP contribution in [0.4, 0.5) is 5.69 Å². The Morgan fingerprint density at radius 1 is 1.21 bits per heavy atom. The predicted molar refractivity (Wildman–Crippen MR) is 119 cm³/mol. The number of nitrogens with one attached hydrogen (secondary N) is 2. The van der Waals surface area contributed by atoms with E-state index in [2.05, 4.69) is 29.2 Å². The van der Waals surface area contributed by atoms with Crippen molar-refractivity contribution in [1.82, 2.24) is 14.8 Å². The molecule has 0 atom stereocenters. The van der Waals surface area contributed by atoms with Crippen LogP contribution in [0.25, 0.3) is 5.13 Å². The molecule has 3 rings (SSSR count). The minimum absolute atomic E-state index is 0.0852. The summed E-state index contributed by atoms with van der Waals surface area (Å²) < 4.78 is 1.45. The van der Waals surface area contributed by atoms with Crippen molar-refractivity contribution in [3.8, 4) is 5.13 Å². The molecule has 2 aromatic heterocycles. The average molecular weight is 413 g/mol. The van der Waals surface area contributed by atoms with E-state index in [4.69, 9.17) is 0 Å². The number of carbonyl (C=O) groups is 1. The molecule has 0 fully saturated rings. The zero-order valence-electron chi connectivity index (χ0n) is 17.8. The van der Waals surface area contributed by atoms with Crippen molar-refractivity contribution in [3.63, 3.8) is 0 Å². The molecule has 0 aliphatic rings. The number of hydrogen-bond donors (Lipinski definition) is 2. The molecule has 0 aliphatic carbocycles. The molecular formula is C22H28N4O2S. The largest absolute Gasteiger partial charge is 0.321 e. The molecule has 154 valence electrons. The van der Waals surface area contributed by atoms with E-state index < -0.39 is 0 Å². The lowest BCUT2D eigenvalue weighted by Gasteiger charge is -2.06. The Balaban J connectivity index is 1.86. The van der Waals surface area contributed by atoms with E-state index in [9.17, 15) is 9.59 Å². The summed E-state index contributed by atoms with van der Waals surface area (Å²) in [5.74, 6) is 0.311. The number of amides is 1. The van der Waals surface area contributed by atoms with Crippen LogP contribution in [0.3, 0.4) is 0 Å². The van der Waals surface area contributed by atoms with Gasteiger partial charge >= 0.3 is 0 Å². The second-order valence-electron chi connectivity index (χ2n) is 7.95.